The van der Waals surface area contributed by atoms with Gasteiger partial charge in [0.1, 0.15) is 0 Å². The maximum atomic E-state index is 5.59. The van der Waals surface area contributed by atoms with Crippen LogP contribution in [-0.2, 0) is 9.47 Å². The molecule has 3 nitrogen and oxygen atoms in total. The van der Waals surface area contributed by atoms with E-state index in [9.17, 15) is 0 Å². The highest BCUT2D eigenvalue weighted by Crippen LogP contribution is 1.95. The summed E-state index contributed by atoms with van der Waals surface area (Å²) in [6, 6.07) is 0.598. The average molecular weight is 217 g/mol. The molecule has 0 spiro atoms. The molecule has 0 bridgehead atoms. The monoisotopic (exact) mass is 217 g/mol. The van der Waals surface area contributed by atoms with Crippen LogP contribution in [0.2, 0.25) is 0 Å². The molecule has 92 valence electrons. The van der Waals surface area contributed by atoms with Crippen molar-refractivity contribution in [3.8, 4) is 0 Å². The second-order valence-electron chi connectivity index (χ2n) is 3.98. The van der Waals surface area contributed by atoms with Gasteiger partial charge < -0.3 is 14.8 Å². The van der Waals surface area contributed by atoms with Crippen LogP contribution in [0.4, 0.5) is 0 Å². The van der Waals surface area contributed by atoms with Gasteiger partial charge in [-0.2, -0.15) is 0 Å². The van der Waals surface area contributed by atoms with Crippen molar-refractivity contribution in [2.24, 2.45) is 0 Å². The van der Waals surface area contributed by atoms with Crippen LogP contribution in [0.3, 0.4) is 0 Å². The molecule has 0 aromatic heterocycles. The smallest absolute Gasteiger partial charge is 0.0781 e. The second kappa shape index (κ2) is 10.4. The van der Waals surface area contributed by atoms with E-state index in [1.54, 1.807) is 0 Å². The van der Waals surface area contributed by atoms with Crippen molar-refractivity contribution < 1.29 is 9.47 Å². The van der Waals surface area contributed by atoms with Gasteiger partial charge in [-0.3, -0.25) is 0 Å². The molecule has 2 atom stereocenters. The van der Waals surface area contributed by atoms with Crippen molar-refractivity contribution in [1.29, 1.82) is 0 Å². The molecule has 0 aromatic rings. The van der Waals surface area contributed by atoms with Gasteiger partial charge in [-0.1, -0.05) is 13.3 Å². The first-order valence-electron chi connectivity index (χ1n) is 6.13. The van der Waals surface area contributed by atoms with Gasteiger partial charge in [0.2, 0.25) is 0 Å². The van der Waals surface area contributed by atoms with Gasteiger partial charge >= 0.3 is 0 Å². The fourth-order valence-corrected chi connectivity index (χ4v) is 1.43. The van der Waals surface area contributed by atoms with Crippen LogP contribution in [0.25, 0.3) is 0 Å². The minimum Gasteiger partial charge on any atom is -0.379 e. The van der Waals surface area contributed by atoms with Gasteiger partial charge in [0.05, 0.1) is 19.3 Å². The SMILES string of the molecule is CCCC(C)NCCOC(C)COCC. The van der Waals surface area contributed by atoms with Crippen molar-refractivity contribution >= 4 is 0 Å². The zero-order chi connectivity index (χ0) is 11.5. The summed E-state index contributed by atoms with van der Waals surface area (Å²) in [5.74, 6) is 0. The van der Waals surface area contributed by atoms with Crippen LogP contribution in [0, 0.1) is 0 Å². The number of nitrogens with one attached hydrogen (secondary N) is 1. The molecule has 2 unspecified atom stereocenters. The van der Waals surface area contributed by atoms with Crippen LogP contribution in [0.15, 0.2) is 0 Å². The summed E-state index contributed by atoms with van der Waals surface area (Å²) in [6.07, 6.45) is 2.66. The molecule has 15 heavy (non-hydrogen) atoms. The van der Waals surface area contributed by atoms with Crippen molar-refractivity contribution in [1.82, 2.24) is 5.32 Å². The van der Waals surface area contributed by atoms with Crippen molar-refractivity contribution in [2.75, 3.05) is 26.4 Å². The summed E-state index contributed by atoms with van der Waals surface area (Å²) < 4.78 is 10.9. The van der Waals surface area contributed by atoms with E-state index in [-0.39, 0.29) is 6.10 Å². The van der Waals surface area contributed by atoms with Crippen LogP contribution in [0.1, 0.15) is 40.5 Å². The predicted octanol–water partition coefficient (Wildman–Crippen LogP) is 2.21. The topological polar surface area (TPSA) is 30.5 Å². The lowest BCUT2D eigenvalue weighted by atomic mass is 10.2. The Kier molecular flexibility index (Phi) is 10.3. The fourth-order valence-electron chi connectivity index (χ4n) is 1.43. The molecule has 0 rings (SSSR count). The van der Waals surface area contributed by atoms with Gasteiger partial charge in [0.15, 0.2) is 0 Å². The Morgan fingerprint density at radius 1 is 1.20 bits per heavy atom. The van der Waals surface area contributed by atoms with Gasteiger partial charge in [-0.15, -0.1) is 0 Å². The van der Waals surface area contributed by atoms with Crippen molar-refractivity contribution in [3.05, 3.63) is 0 Å². The molecule has 0 aliphatic heterocycles. The number of rotatable bonds is 10. The Balaban J connectivity index is 3.22. The molecule has 0 saturated heterocycles. The van der Waals surface area contributed by atoms with E-state index in [0.717, 1.165) is 19.8 Å². The molecule has 0 saturated carbocycles. The number of hydrogen-bond acceptors (Lipinski definition) is 3. The highest BCUT2D eigenvalue weighted by molar-refractivity contribution is 4.59. The molecule has 0 radical (unpaired) electrons. The molecular weight excluding hydrogens is 190 g/mol. The minimum absolute atomic E-state index is 0.202. The minimum atomic E-state index is 0.202. The molecule has 1 N–H and O–H groups in total. The van der Waals surface area contributed by atoms with E-state index in [4.69, 9.17) is 9.47 Å². The molecule has 3 heteroatoms. The first kappa shape index (κ1) is 14.9. The first-order valence-corrected chi connectivity index (χ1v) is 6.13. The standard InChI is InChI=1S/C12H27NO2/c1-5-7-11(3)13-8-9-15-12(4)10-14-6-2/h11-13H,5-10H2,1-4H3. The zero-order valence-electron chi connectivity index (χ0n) is 10.7. The van der Waals surface area contributed by atoms with Crippen LogP contribution >= 0.6 is 0 Å². The van der Waals surface area contributed by atoms with E-state index >= 15 is 0 Å². The van der Waals surface area contributed by atoms with E-state index < -0.39 is 0 Å². The molecule has 0 aliphatic rings. The van der Waals surface area contributed by atoms with Gasteiger partial charge in [0.25, 0.3) is 0 Å². The summed E-state index contributed by atoms with van der Waals surface area (Å²) in [5.41, 5.74) is 0. The van der Waals surface area contributed by atoms with E-state index in [2.05, 4.69) is 19.2 Å². The predicted molar refractivity (Wildman–Crippen MR) is 64.3 cm³/mol. The summed E-state index contributed by atoms with van der Waals surface area (Å²) in [5, 5.41) is 3.43. The molecule has 0 fully saturated rings. The van der Waals surface area contributed by atoms with Gasteiger partial charge in [0, 0.05) is 19.2 Å². The zero-order valence-corrected chi connectivity index (χ0v) is 10.7. The molecule has 0 aromatic carbocycles. The maximum Gasteiger partial charge on any atom is 0.0781 e. The van der Waals surface area contributed by atoms with Crippen LogP contribution in [-0.4, -0.2) is 38.5 Å². The first-order chi connectivity index (χ1) is 7.20. The lowest BCUT2D eigenvalue weighted by molar-refractivity contribution is -0.00238. The summed E-state index contributed by atoms with van der Waals surface area (Å²) in [6.45, 7) is 11.6. The van der Waals surface area contributed by atoms with Crippen molar-refractivity contribution in [3.63, 3.8) is 0 Å². The number of hydrogen-bond donors (Lipinski definition) is 1. The third kappa shape index (κ3) is 10.2. The highest BCUT2D eigenvalue weighted by atomic mass is 16.5. The van der Waals surface area contributed by atoms with Gasteiger partial charge in [-0.05, 0) is 27.2 Å². The molecule has 0 amide bonds. The third-order valence-corrected chi connectivity index (χ3v) is 2.28. The molecule has 0 heterocycles. The normalized spacial score (nSPS) is 15.2. The van der Waals surface area contributed by atoms with E-state index in [1.807, 2.05) is 13.8 Å². The maximum absolute atomic E-state index is 5.59. The van der Waals surface area contributed by atoms with E-state index in [1.165, 1.54) is 12.8 Å². The Morgan fingerprint density at radius 2 is 1.93 bits per heavy atom. The lowest BCUT2D eigenvalue weighted by Crippen LogP contribution is -2.30. The Hall–Kier alpha value is -0.120. The van der Waals surface area contributed by atoms with Gasteiger partial charge in [-0.25, -0.2) is 0 Å². The Bertz CT molecular complexity index is 131. The summed E-state index contributed by atoms with van der Waals surface area (Å²) >= 11 is 0. The largest absolute Gasteiger partial charge is 0.379 e. The third-order valence-electron chi connectivity index (χ3n) is 2.28. The quantitative estimate of drug-likeness (QED) is 0.569. The fraction of sp³-hybridized carbons (Fsp3) is 1.00. The molecular formula is C12H27NO2. The average Bonchev–Trinajstić information content (AvgIpc) is 2.22. The van der Waals surface area contributed by atoms with Crippen LogP contribution < -0.4 is 5.32 Å². The molecule has 0 aliphatic carbocycles. The lowest BCUT2D eigenvalue weighted by Gasteiger charge is -2.15. The second-order valence-corrected chi connectivity index (χ2v) is 3.98. The van der Waals surface area contributed by atoms with Crippen LogP contribution in [0.5, 0.6) is 0 Å². The number of ether oxygens (including phenoxy) is 2. The Labute approximate surface area is 94.5 Å². The summed E-state index contributed by atoms with van der Waals surface area (Å²) in [4.78, 5) is 0. The Morgan fingerprint density at radius 3 is 2.53 bits per heavy atom. The van der Waals surface area contributed by atoms with E-state index in [0.29, 0.717) is 12.6 Å². The summed E-state index contributed by atoms with van der Waals surface area (Å²) in [7, 11) is 0. The van der Waals surface area contributed by atoms with Crippen molar-refractivity contribution in [2.45, 2.75) is 52.7 Å². The highest BCUT2D eigenvalue weighted by Gasteiger charge is 2.02.